The Morgan fingerprint density at radius 3 is 2.32 bits per heavy atom. The van der Waals surface area contributed by atoms with E-state index in [4.69, 9.17) is 5.73 Å². The van der Waals surface area contributed by atoms with E-state index in [0.29, 0.717) is 25.8 Å². The Kier molecular flexibility index (Phi) is 10.1. The molecular weight excluding hydrogens is 404 g/mol. The predicted molar refractivity (Wildman–Crippen MR) is 111 cm³/mol. The number of hydrogen-bond donors (Lipinski definition) is 6. The van der Waals surface area contributed by atoms with E-state index >= 15 is 0 Å². The van der Waals surface area contributed by atoms with Gasteiger partial charge in [-0.1, -0.05) is 20.3 Å². The Morgan fingerprint density at radius 1 is 1.18 bits per heavy atom. The van der Waals surface area contributed by atoms with Crippen molar-refractivity contribution < 1.29 is 24.3 Å². The van der Waals surface area contributed by atoms with Crippen LogP contribution < -0.4 is 16.4 Å². The molecule has 1 saturated heterocycles. The van der Waals surface area contributed by atoms with E-state index in [9.17, 15) is 24.3 Å². The molecule has 0 aromatic rings. The van der Waals surface area contributed by atoms with Gasteiger partial charge in [-0.15, -0.1) is 0 Å². The van der Waals surface area contributed by atoms with Gasteiger partial charge in [-0.05, 0) is 18.8 Å². The second kappa shape index (κ2) is 11.5. The molecule has 0 aliphatic carbocycles. The molecule has 1 heterocycles. The molecule has 0 spiro atoms. The molecule has 1 fully saturated rings. The van der Waals surface area contributed by atoms with Crippen molar-refractivity contribution in [1.82, 2.24) is 15.5 Å². The lowest BCUT2D eigenvalue weighted by Gasteiger charge is -2.31. The summed E-state index contributed by atoms with van der Waals surface area (Å²) in [6.45, 7) is 4.02. The number of amides is 3. The van der Waals surface area contributed by atoms with E-state index < -0.39 is 47.9 Å². The fourth-order valence-corrected chi connectivity index (χ4v) is 3.38. The van der Waals surface area contributed by atoms with Crippen LogP contribution in [-0.2, 0) is 19.2 Å². The van der Waals surface area contributed by atoms with Crippen LogP contribution in [0.25, 0.3) is 0 Å². The van der Waals surface area contributed by atoms with Crippen molar-refractivity contribution in [2.45, 2.75) is 57.3 Å². The molecule has 0 aromatic heterocycles. The van der Waals surface area contributed by atoms with E-state index in [2.05, 4.69) is 35.9 Å². The molecular formula is C17H30N4O5S2. The number of aliphatic carboxylic acids is 1. The van der Waals surface area contributed by atoms with E-state index in [0.717, 1.165) is 0 Å². The van der Waals surface area contributed by atoms with Crippen LogP contribution in [0.2, 0.25) is 0 Å². The molecule has 28 heavy (non-hydrogen) atoms. The first-order valence-electron chi connectivity index (χ1n) is 9.29. The Balaban J connectivity index is 2.92. The Morgan fingerprint density at radius 2 is 1.82 bits per heavy atom. The van der Waals surface area contributed by atoms with Gasteiger partial charge in [-0.25, -0.2) is 4.79 Å². The zero-order chi connectivity index (χ0) is 21.4. The minimum absolute atomic E-state index is 0.0136. The summed E-state index contributed by atoms with van der Waals surface area (Å²) >= 11 is 8.05. The molecule has 11 heteroatoms. The van der Waals surface area contributed by atoms with Crippen molar-refractivity contribution in [3.63, 3.8) is 0 Å². The predicted octanol–water partition coefficient (Wildman–Crippen LogP) is -0.735. The van der Waals surface area contributed by atoms with Gasteiger partial charge in [0.1, 0.15) is 18.1 Å². The summed E-state index contributed by atoms with van der Waals surface area (Å²) in [5.74, 6) is -2.68. The highest BCUT2D eigenvalue weighted by atomic mass is 32.1. The van der Waals surface area contributed by atoms with E-state index in [1.54, 1.807) is 6.92 Å². The van der Waals surface area contributed by atoms with Gasteiger partial charge < -0.3 is 26.4 Å². The van der Waals surface area contributed by atoms with Crippen LogP contribution >= 0.6 is 25.3 Å². The zero-order valence-corrected chi connectivity index (χ0v) is 17.9. The van der Waals surface area contributed by atoms with Gasteiger partial charge in [0, 0.05) is 18.1 Å². The summed E-state index contributed by atoms with van der Waals surface area (Å²) in [7, 11) is 0. The maximum Gasteiger partial charge on any atom is 0.326 e. The molecule has 1 rings (SSSR count). The van der Waals surface area contributed by atoms with Crippen LogP contribution in [0.4, 0.5) is 0 Å². The summed E-state index contributed by atoms with van der Waals surface area (Å²) in [6, 6.07) is -3.62. The average Bonchev–Trinajstić information content (AvgIpc) is 3.18. The van der Waals surface area contributed by atoms with Gasteiger partial charge in [0.2, 0.25) is 17.7 Å². The first kappa shape index (κ1) is 24.6. The van der Waals surface area contributed by atoms with Gasteiger partial charge in [0.05, 0.1) is 6.04 Å². The molecule has 3 amide bonds. The number of carboxylic acids is 1. The fraction of sp³-hybridized carbons (Fsp3) is 0.765. The number of nitrogens with zero attached hydrogens (tertiary/aromatic N) is 1. The average molecular weight is 435 g/mol. The molecule has 5 atom stereocenters. The van der Waals surface area contributed by atoms with Crippen molar-refractivity contribution in [3.05, 3.63) is 0 Å². The zero-order valence-electron chi connectivity index (χ0n) is 16.1. The molecule has 9 nitrogen and oxygen atoms in total. The molecule has 1 aliphatic heterocycles. The number of thiol groups is 2. The van der Waals surface area contributed by atoms with Crippen LogP contribution in [0.1, 0.15) is 33.1 Å². The molecule has 0 bridgehead atoms. The second-order valence-electron chi connectivity index (χ2n) is 6.93. The second-order valence-corrected chi connectivity index (χ2v) is 7.66. The van der Waals surface area contributed by atoms with Crippen LogP contribution in [-0.4, -0.2) is 75.9 Å². The topological polar surface area (TPSA) is 142 Å². The lowest BCUT2D eigenvalue weighted by atomic mass is 9.97. The smallest absolute Gasteiger partial charge is 0.326 e. The van der Waals surface area contributed by atoms with E-state index in [-0.39, 0.29) is 17.4 Å². The van der Waals surface area contributed by atoms with Crippen molar-refractivity contribution in [2.75, 3.05) is 18.1 Å². The standard InChI is InChI=1S/C17H30N4O5S2/c1-3-9(2)13(16(24)21-6-4-5-12(21)17(25)26)20-15(23)11(8-28)19-14(22)10(18)7-27/h9-13,27-28H,3-8,18H2,1-2H3,(H,19,22)(H,20,23)(H,25,26). The lowest BCUT2D eigenvalue weighted by Crippen LogP contribution is -2.59. The summed E-state index contributed by atoms with van der Waals surface area (Å²) in [5, 5.41) is 14.5. The number of hydrogen-bond acceptors (Lipinski definition) is 7. The largest absolute Gasteiger partial charge is 0.480 e. The van der Waals surface area contributed by atoms with Crippen molar-refractivity contribution in [1.29, 1.82) is 0 Å². The van der Waals surface area contributed by atoms with Crippen LogP contribution in [0.5, 0.6) is 0 Å². The number of carbonyl (C=O) groups is 4. The summed E-state index contributed by atoms with van der Waals surface area (Å²) in [6.07, 6.45) is 1.59. The highest BCUT2D eigenvalue weighted by Gasteiger charge is 2.39. The van der Waals surface area contributed by atoms with Gasteiger partial charge in [-0.3, -0.25) is 14.4 Å². The van der Waals surface area contributed by atoms with Crippen LogP contribution in [0.15, 0.2) is 0 Å². The fourth-order valence-electron chi connectivity index (χ4n) is 2.96. The molecule has 160 valence electrons. The van der Waals surface area contributed by atoms with Gasteiger partial charge in [0.15, 0.2) is 0 Å². The summed E-state index contributed by atoms with van der Waals surface area (Å²) in [5.41, 5.74) is 5.60. The lowest BCUT2D eigenvalue weighted by molar-refractivity contribution is -0.150. The monoisotopic (exact) mass is 434 g/mol. The molecule has 5 N–H and O–H groups in total. The third-order valence-corrected chi connectivity index (χ3v) is 5.71. The third kappa shape index (κ3) is 6.28. The maximum absolute atomic E-state index is 13.0. The van der Waals surface area contributed by atoms with Gasteiger partial charge in [-0.2, -0.15) is 25.3 Å². The van der Waals surface area contributed by atoms with Crippen LogP contribution in [0, 0.1) is 5.92 Å². The number of carboxylic acid groups (broad SMARTS) is 1. The van der Waals surface area contributed by atoms with Crippen molar-refractivity contribution in [2.24, 2.45) is 11.7 Å². The van der Waals surface area contributed by atoms with Crippen molar-refractivity contribution >= 4 is 48.9 Å². The SMILES string of the molecule is CCC(C)C(NC(=O)C(CS)NC(=O)C(N)CS)C(=O)N1CCCC1C(=O)O. The van der Waals surface area contributed by atoms with E-state index in [1.165, 1.54) is 4.90 Å². The normalized spacial score (nSPS) is 20.8. The molecule has 0 aromatic carbocycles. The van der Waals surface area contributed by atoms with E-state index in [1.807, 2.05) is 6.92 Å². The Labute approximate surface area is 176 Å². The number of carbonyl (C=O) groups excluding carboxylic acids is 3. The highest BCUT2D eigenvalue weighted by Crippen LogP contribution is 2.21. The minimum atomic E-state index is -1.05. The Hall–Kier alpha value is -1.46. The number of nitrogens with two attached hydrogens (primary N) is 1. The summed E-state index contributed by atoms with van der Waals surface area (Å²) in [4.78, 5) is 50.3. The first-order valence-corrected chi connectivity index (χ1v) is 10.6. The molecule has 0 saturated carbocycles. The summed E-state index contributed by atoms with van der Waals surface area (Å²) < 4.78 is 0. The highest BCUT2D eigenvalue weighted by molar-refractivity contribution is 7.80. The molecule has 5 unspecified atom stereocenters. The number of likely N-dealkylation sites (tertiary alicyclic amines) is 1. The Bertz CT molecular complexity index is 592. The van der Waals surface area contributed by atoms with Gasteiger partial charge >= 0.3 is 5.97 Å². The number of nitrogens with one attached hydrogen (secondary N) is 2. The van der Waals surface area contributed by atoms with Crippen molar-refractivity contribution in [3.8, 4) is 0 Å². The molecule has 0 radical (unpaired) electrons. The molecule has 1 aliphatic rings. The quantitative estimate of drug-likeness (QED) is 0.250. The first-order chi connectivity index (χ1) is 13.2. The maximum atomic E-state index is 13.0. The van der Waals surface area contributed by atoms with Crippen LogP contribution in [0.3, 0.4) is 0 Å². The third-order valence-electron chi connectivity index (χ3n) is 4.95. The number of rotatable bonds is 10. The van der Waals surface area contributed by atoms with Gasteiger partial charge in [0.25, 0.3) is 0 Å². The minimum Gasteiger partial charge on any atom is -0.480 e.